The Kier molecular flexibility index (Phi) is 2.94. The number of rotatable bonds is 3. The molecule has 1 aromatic carbocycles. The van der Waals surface area contributed by atoms with Crippen molar-refractivity contribution in [1.29, 1.82) is 0 Å². The van der Waals surface area contributed by atoms with E-state index in [0.717, 1.165) is 16.6 Å². The van der Waals surface area contributed by atoms with E-state index in [2.05, 4.69) is 20.5 Å². The van der Waals surface area contributed by atoms with Gasteiger partial charge in [0.15, 0.2) is 0 Å². The molecule has 0 radical (unpaired) electrons. The fourth-order valence-corrected chi connectivity index (χ4v) is 1.97. The lowest BCUT2D eigenvalue weighted by atomic mass is 10.1. The van der Waals surface area contributed by atoms with Crippen LogP contribution in [0, 0.1) is 0 Å². The molecule has 2 aromatic heterocycles. The topological polar surface area (TPSA) is 70.7 Å². The number of amides is 1. The summed E-state index contributed by atoms with van der Waals surface area (Å²) in [6, 6.07) is 11.2. The smallest absolute Gasteiger partial charge is 0.253 e. The van der Waals surface area contributed by atoms with Gasteiger partial charge in [-0.05, 0) is 24.3 Å². The summed E-state index contributed by atoms with van der Waals surface area (Å²) in [7, 11) is 0. The van der Waals surface area contributed by atoms with E-state index in [4.69, 9.17) is 0 Å². The molecule has 2 N–H and O–H groups in total. The van der Waals surface area contributed by atoms with Gasteiger partial charge >= 0.3 is 0 Å². The number of benzene rings is 1. The molecule has 2 heterocycles. The van der Waals surface area contributed by atoms with Crippen molar-refractivity contribution in [3.63, 3.8) is 0 Å². The lowest BCUT2D eigenvalue weighted by molar-refractivity contribution is 0.0952. The summed E-state index contributed by atoms with van der Waals surface area (Å²) in [4.78, 5) is 15.2. The van der Waals surface area contributed by atoms with Gasteiger partial charge in [-0.15, -0.1) is 0 Å². The summed E-state index contributed by atoms with van der Waals surface area (Å²) >= 11 is 0. The number of hydrogen-bond acceptors (Lipinski definition) is 3. The minimum atomic E-state index is -0.126. The van der Waals surface area contributed by atoms with Crippen LogP contribution in [0.5, 0.6) is 0 Å². The molecule has 0 bridgehead atoms. The largest absolute Gasteiger partial charge is 0.361 e. The Morgan fingerprint density at radius 2 is 2.16 bits per heavy atom. The summed E-state index contributed by atoms with van der Waals surface area (Å²) in [6.45, 7) is 0.365. The van der Waals surface area contributed by atoms with Crippen LogP contribution in [0.15, 0.2) is 48.8 Å². The molecular formula is C14H12N4O. The van der Waals surface area contributed by atoms with E-state index in [1.807, 2.05) is 30.5 Å². The average molecular weight is 252 g/mol. The van der Waals surface area contributed by atoms with Crippen LogP contribution in [0.2, 0.25) is 0 Å². The zero-order chi connectivity index (χ0) is 13.1. The maximum absolute atomic E-state index is 12.2. The summed E-state index contributed by atoms with van der Waals surface area (Å²) < 4.78 is 0. The average Bonchev–Trinajstić information content (AvgIpc) is 2.94. The second kappa shape index (κ2) is 4.89. The van der Waals surface area contributed by atoms with Crippen molar-refractivity contribution in [3.8, 4) is 0 Å². The lowest BCUT2D eigenvalue weighted by Gasteiger charge is -2.05. The quantitative estimate of drug-likeness (QED) is 0.747. The molecular weight excluding hydrogens is 240 g/mol. The van der Waals surface area contributed by atoms with Gasteiger partial charge in [0.2, 0.25) is 0 Å². The minimum absolute atomic E-state index is 0.126. The normalized spacial score (nSPS) is 10.5. The predicted octanol–water partition coefficient (Wildman–Crippen LogP) is 1.89. The molecule has 5 heteroatoms. The third-order valence-electron chi connectivity index (χ3n) is 2.89. The molecule has 0 aliphatic carbocycles. The highest BCUT2D eigenvalue weighted by Gasteiger charge is 2.10. The number of carbonyl (C=O) groups is 1. The van der Waals surface area contributed by atoms with Gasteiger partial charge in [0, 0.05) is 17.8 Å². The van der Waals surface area contributed by atoms with Crippen molar-refractivity contribution >= 4 is 16.8 Å². The number of hydrogen-bond donors (Lipinski definition) is 2. The van der Waals surface area contributed by atoms with Crippen LogP contribution < -0.4 is 5.32 Å². The van der Waals surface area contributed by atoms with E-state index < -0.39 is 0 Å². The highest BCUT2D eigenvalue weighted by Crippen LogP contribution is 2.16. The molecule has 0 atom stereocenters. The van der Waals surface area contributed by atoms with Gasteiger partial charge in [0.25, 0.3) is 5.91 Å². The summed E-state index contributed by atoms with van der Waals surface area (Å²) in [5, 5.41) is 11.5. The monoisotopic (exact) mass is 252 g/mol. The first kappa shape index (κ1) is 11.4. The number of aromatic amines is 1. The number of fused-ring (bicyclic) bond motifs is 1. The van der Waals surface area contributed by atoms with Gasteiger partial charge < -0.3 is 10.3 Å². The second-order valence-electron chi connectivity index (χ2n) is 4.15. The molecule has 1 amide bonds. The lowest BCUT2D eigenvalue weighted by Crippen LogP contribution is -2.23. The van der Waals surface area contributed by atoms with Crippen LogP contribution in [0.4, 0.5) is 0 Å². The van der Waals surface area contributed by atoms with E-state index in [0.29, 0.717) is 12.1 Å². The maximum Gasteiger partial charge on any atom is 0.253 e. The fraction of sp³-hybridized carbons (Fsp3) is 0.0714. The molecule has 19 heavy (non-hydrogen) atoms. The first-order valence-electron chi connectivity index (χ1n) is 5.95. The van der Waals surface area contributed by atoms with Gasteiger partial charge in [-0.1, -0.05) is 12.1 Å². The standard InChI is InChI=1S/C14H12N4O/c19-14(16-9-11-4-2-7-17-18-11)12-5-1-3-10-6-8-15-13(10)12/h1-8,15H,9H2,(H,16,19). The molecule has 0 fully saturated rings. The van der Waals surface area contributed by atoms with Gasteiger partial charge in [0.1, 0.15) is 0 Å². The predicted molar refractivity (Wildman–Crippen MR) is 71.5 cm³/mol. The first-order chi connectivity index (χ1) is 9.34. The number of carbonyl (C=O) groups excluding carboxylic acids is 1. The number of H-pyrrole nitrogens is 1. The van der Waals surface area contributed by atoms with Crippen LogP contribution in [0.1, 0.15) is 16.1 Å². The highest BCUT2D eigenvalue weighted by atomic mass is 16.1. The van der Waals surface area contributed by atoms with Crippen LogP contribution in [-0.4, -0.2) is 21.1 Å². The summed E-state index contributed by atoms with van der Waals surface area (Å²) in [5.74, 6) is -0.126. The zero-order valence-corrected chi connectivity index (χ0v) is 10.1. The highest BCUT2D eigenvalue weighted by molar-refractivity contribution is 6.05. The number of aromatic nitrogens is 3. The summed E-state index contributed by atoms with van der Waals surface area (Å²) in [6.07, 6.45) is 3.43. The Hall–Kier alpha value is -2.69. The van der Waals surface area contributed by atoms with E-state index in [9.17, 15) is 4.79 Å². The Morgan fingerprint density at radius 1 is 1.21 bits per heavy atom. The Morgan fingerprint density at radius 3 is 3.00 bits per heavy atom. The van der Waals surface area contributed by atoms with Crippen molar-refractivity contribution in [1.82, 2.24) is 20.5 Å². The van der Waals surface area contributed by atoms with Crippen LogP contribution >= 0.6 is 0 Å². The summed E-state index contributed by atoms with van der Waals surface area (Å²) in [5.41, 5.74) is 2.21. The number of para-hydroxylation sites is 1. The molecule has 0 spiro atoms. The zero-order valence-electron chi connectivity index (χ0n) is 10.1. The molecule has 0 aliphatic heterocycles. The Balaban J connectivity index is 1.79. The van der Waals surface area contributed by atoms with E-state index in [1.165, 1.54) is 0 Å². The SMILES string of the molecule is O=C(NCc1cccnn1)c1cccc2cc[nH]c12. The molecule has 0 saturated carbocycles. The van der Waals surface area contributed by atoms with Gasteiger partial charge in [-0.3, -0.25) is 4.79 Å². The third-order valence-corrected chi connectivity index (χ3v) is 2.89. The van der Waals surface area contributed by atoms with E-state index >= 15 is 0 Å². The van der Waals surface area contributed by atoms with Crippen molar-refractivity contribution in [2.75, 3.05) is 0 Å². The Bertz CT molecular complexity index is 706. The van der Waals surface area contributed by atoms with Crippen LogP contribution in [-0.2, 0) is 6.54 Å². The van der Waals surface area contributed by atoms with Crippen molar-refractivity contribution < 1.29 is 4.79 Å². The van der Waals surface area contributed by atoms with Crippen LogP contribution in [0.25, 0.3) is 10.9 Å². The second-order valence-corrected chi connectivity index (χ2v) is 4.15. The van der Waals surface area contributed by atoms with E-state index in [-0.39, 0.29) is 5.91 Å². The molecule has 3 rings (SSSR count). The number of nitrogens with one attached hydrogen (secondary N) is 2. The van der Waals surface area contributed by atoms with E-state index in [1.54, 1.807) is 18.3 Å². The van der Waals surface area contributed by atoms with Gasteiger partial charge in [-0.2, -0.15) is 10.2 Å². The number of nitrogens with zero attached hydrogens (tertiary/aromatic N) is 2. The first-order valence-corrected chi connectivity index (χ1v) is 5.95. The van der Waals surface area contributed by atoms with Gasteiger partial charge in [0.05, 0.1) is 23.3 Å². The van der Waals surface area contributed by atoms with Crippen molar-refractivity contribution in [3.05, 3.63) is 60.0 Å². The van der Waals surface area contributed by atoms with Crippen LogP contribution in [0.3, 0.4) is 0 Å². The molecule has 5 nitrogen and oxygen atoms in total. The molecule has 0 aliphatic rings. The molecule has 94 valence electrons. The van der Waals surface area contributed by atoms with Crippen molar-refractivity contribution in [2.24, 2.45) is 0 Å². The molecule has 0 saturated heterocycles. The molecule has 3 aromatic rings. The van der Waals surface area contributed by atoms with Crippen molar-refractivity contribution in [2.45, 2.75) is 6.54 Å². The fourth-order valence-electron chi connectivity index (χ4n) is 1.97. The Labute approximate surface area is 109 Å². The van der Waals surface area contributed by atoms with Gasteiger partial charge in [-0.25, -0.2) is 0 Å². The molecule has 0 unspecified atom stereocenters. The minimum Gasteiger partial charge on any atom is -0.361 e. The maximum atomic E-state index is 12.2. The third kappa shape index (κ3) is 2.30.